The van der Waals surface area contributed by atoms with Gasteiger partial charge in [0.15, 0.2) is 0 Å². The van der Waals surface area contributed by atoms with Crippen molar-refractivity contribution in [3.05, 3.63) is 64.7 Å². The average Bonchev–Trinajstić information content (AvgIpc) is 2.73. The van der Waals surface area contributed by atoms with E-state index in [9.17, 15) is 9.90 Å². The van der Waals surface area contributed by atoms with Crippen LogP contribution in [0.4, 0.5) is 0 Å². The Bertz CT molecular complexity index is 983. The molecule has 1 aliphatic rings. The molecule has 0 atom stereocenters. The highest BCUT2D eigenvalue weighted by molar-refractivity contribution is 6.31. The lowest BCUT2D eigenvalue weighted by Gasteiger charge is -2.27. The van der Waals surface area contributed by atoms with Crippen molar-refractivity contribution < 1.29 is 14.6 Å². The highest BCUT2D eigenvalue weighted by Gasteiger charge is 2.22. The topological polar surface area (TPSA) is 62.7 Å². The van der Waals surface area contributed by atoms with Gasteiger partial charge in [0, 0.05) is 29.1 Å². The van der Waals surface area contributed by atoms with E-state index < -0.39 is 0 Å². The Morgan fingerprint density at radius 1 is 1.11 bits per heavy atom. The van der Waals surface area contributed by atoms with Gasteiger partial charge in [-0.2, -0.15) is 0 Å². The van der Waals surface area contributed by atoms with E-state index in [2.05, 4.69) is 0 Å². The molecular formula is C21H19ClN2O3. The van der Waals surface area contributed by atoms with E-state index >= 15 is 0 Å². The van der Waals surface area contributed by atoms with Gasteiger partial charge in [-0.3, -0.25) is 4.79 Å². The Balaban J connectivity index is 1.83. The molecule has 2 heterocycles. The van der Waals surface area contributed by atoms with Gasteiger partial charge in [0.1, 0.15) is 0 Å². The standard InChI is InChI=1S/C21H19ClN2O3/c22-16-5-6-17-18(21(26)24-7-9-27-10-8-24)12-19(23-20(17)11-16)15-3-1-14(13-25)2-4-15/h1-6,11-12,25H,7-10,13H2. The van der Waals surface area contributed by atoms with Crippen LogP contribution < -0.4 is 0 Å². The fraction of sp³-hybridized carbons (Fsp3) is 0.238. The fourth-order valence-corrected chi connectivity index (χ4v) is 3.41. The lowest BCUT2D eigenvalue weighted by atomic mass is 10.0. The van der Waals surface area contributed by atoms with Crippen LogP contribution in [-0.4, -0.2) is 47.2 Å². The molecule has 0 spiro atoms. The largest absolute Gasteiger partial charge is 0.392 e. The van der Waals surface area contributed by atoms with Crippen LogP contribution in [0.5, 0.6) is 0 Å². The number of nitrogens with zero attached hydrogens (tertiary/aromatic N) is 2. The first-order valence-corrected chi connectivity index (χ1v) is 9.21. The minimum Gasteiger partial charge on any atom is -0.392 e. The van der Waals surface area contributed by atoms with Crippen molar-refractivity contribution in [2.75, 3.05) is 26.3 Å². The minimum atomic E-state index is -0.0266. The molecule has 1 aliphatic heterocycles. The molecule has 1 aromatic heterocycles. The molecule has 0 radical (unpaired) electrons. The minimum absolute atomic E-state index is 0.0121. The van der Waals surface area contributed by atoms with E-state index in [0.717, 1.165) is 16.5 Å². The van der Waals surface area contributed by atoms with Gasteiger partial charge in [0.2, 0.25) is 0 Å². The Morgan fingerprint density at radius 3 is 2.56 bits per heavy atom. The normalized spacial score (nSPS) is 14.5. The van der Waals surface area contributed by atoms with Gasteiger partial charge < -0.3 is 14.7 Å². The zero-order valence-electron chi connectivity index (χ0n) is 14.7. The predicted octanol–water partition coefficient (Wildman–Crippen LogP) is 3.52. The van der Waals surface area contributed by atoms with Crippen LogP contribution in [0.1, 0.15) is 15.9 Å². The zero-order chi connectivity index (χ0) is 18.8. The van der Waals surface area contributed by atoms with Crippen LogP contribution in [0.3, 0.4) is 0 Å². The summed E-state index contributed by atoms with van der Waals surface area (Å²) in [5, 5.41) is 10.6. The summed E-state index contributed by atoms with van der Waals surface area (Å²) >= 11 is 6.16. The van der Waals surface area contributed by atoms with Gasteiger partial charge in [0.05, 0.1) is 36.6 Å². The molecule has 4 rings (SSSR count). The van der Waals surface area contributed by atoms with Crippen LogP contribution in [0, 0.1) is 0 Å². The number of hydrogen-bond acceptors (Lipinski definition) is 4. The number of ether oxygens (including phenoxy) is 1. The summed E-state index contributed by atoms with van der Waals surface area (Å²) in [6, 6.07) is 14.7. The van der Waals surface area contributed by atoms with Crippen molar-refractivity contribution in [2.24, 2.45) is 0 Å². The molecule has 3 aromatic rings. The summed E-state index contributed by atoms with van der Waals surface area (Å²) in [4.78, 5) is 19.7. The number of pyridine rings is 1. The smallest absolute Gasteiger partial charge is 0.254 e. The molecule has 5 nitrogen and oxygen atoms in total. The first kappa shape index (κ1) is 17.9. The Labute approximate surface area is 162 Å². The Morgan fingerprint density at radius 2 is 1.85 bits per heavy atom. The SMILES string of the molecule is O=C(c1cc(-c2ccc(CO)cc2)nc2cc(Cl)ccc12)N1CCOCC1. The molecule has 0 aliphatic carbocycles. The van der Waals surface area contributed by atoms with E-state index in [4.69, 9.17) is 21.3 Å². The summed E-state index contributed by atoms with van der Waals surface area (Å²) in [7, 11) is 0. The molecule has 6 heteroatoms. The maximum Gasteiger partial charge on any atom is 0.254 e. The van der Waals surface area contributed by atoms with E-state index in [0.29, 0.717) is 48.1 Å². The van der Waals surface area contributed by atoms with Crippen molar-refractivity contribution in [3.63, 3.8) is 0 Å². The molecule has 1 amide bonds. The molecular weight excluding hydrogens is 364 g/mol. The van der Waals surface area contributed by atoms with Crippen LogP contribution in [0.15, 0.2) is 48.5 Å². The Kier molecular flexibility index (Phi) is 5.07. The van der Waals surface area contributed by atoms with Crippen LogP contribution in [0.2, 0.25) is 5.02 Å². The van der Waals surface area contributed by atoms with E-state index in [-0.39, 0.29) is 12.5 Å². The quantitative estimate of drug-likeness (QED) is 0.752. The second-order valence-electron chi connectivity index (χ2n) is 6.48. The number of halogens is 1. The van der Waals surface area contributed by atoms with E-state index in [1.54, 1.807) is 12.1 Å². The highest BCUT2D eigenvalue weighted by Crippen LogP contribution is 2.28. The van der Waals surface area contributed by atoms with Crippen molar-refractivity contribution in [1.82, 2.24) is 9.88 Å². The maximum absolute atomic E-state index is 13.2. The second-order valence-corrected chi connectivity index (χ2v) is 6.91. The summed E-state index contributed by atoms with van der Waals surface area (Å²) in [6.45, 7) is 2.25. The number of carbonyl (C=O) groups is 1. The number of aliphatic hydroxyl groups excluding tert-OH is 1. The molecule has 0 saturated carbocycles. The summed E-state index contributed by atoms with van der Waals surface area (Å²) in [5.74, 6) is -0.0266. The molecule has 1 N–H and O–H groups in total. The first-order chi connectivity index (χ1) is 13.2. The zero-order valence-corrected chi connectivity index (χ0v) is 15.4. The average molecular weight is 383 g/mol. The lowest BCUT2D eigenvalue weighted by molar-refractivity contribution is 0.0304. The fourth-order valence-electron chi connectivity index (χ4n) is 3.24. The number of fused-ring (bicyclic) bond motifs is 1. The van der Waals surface area contributed by atoms with Crippen LogP contribution in [0.25, 0.3) is 22.2 Å². The summed E-state index contributed by atoms with van der Waals surface area (Å²) < 4.78 is 5.36. The third-order valence-corrected chi connectivity index (χ3v) is 4.97. The van der Waals surface area contributed by atoms with Gasteiger partial charge in [-0.1, -0.05) is 41.9 Å². The number of rotatable bonds is 3. The van der Waals surface area contributed by atoms with Crippen molar-refractivity contribution in [2.45, 2.75) is 6.61 Å². The van der Waals surface area contributed by atoms with Gasteiger partial charge in [0.25, 0.3) is 5.91 Å². The van der Waals surface area contributed by atoms with E-state index in [1.165, 1.54) is 0 Å². The molecule has 0 unspecified atom stereocenters. The summed E-state index contributed by atoms with van der Waals surface area (Å²) in [6.07, 6.45) is 0. The van der Waals surface area contributed by atoms with Gasteiger partial charge >= 0.3 is 0 Å². The number of aliphatic hydroxyl groups is 1. The number of carbonyl (C=O) groups excluding carboxylic acids is 1. The Hall–Kier alpha value is -2.47. The van der Waals surface area contributed by atoms with E-state index in [1.807, 2.05) is 41.3 Å². The maximum atomic E-state index is 13.2. The number of aromatic nitrogens is 1. The highest BCUT2D eigenvalue weighted by atomic mass is 35.5. The third-order valence-electron chi connectivity index (χ3n) is 4.73. The number of hydrogen-bond donors (Lipinski definition) is 1. The molecule has 27 heavy (non-hydrogen) atoms. The summed E-state index contributed by atoms with van der Waals surface area (Å²) in [5.41, 5.74) is 3.70. The van der Waals surface area contributed by atoms with Gasteiger partial charge in [-0.25, -0.2) is 4.98 Å². The monoisotopic (exact) mass is 382 g/mol. The van der Waals surface area contributed by atoms with Crippen LogP contribution in [-0.2, 0) is 11.3 Å². The number of amides is 1. The van der Waals surface area contributed by atoms with Gasteiger partial charge in [-0.15, -0.1) is 0 Å². The number of benzene rings is 2. The second kappa shape index (κ2) is 7.64. The molecule has 1 fully saturated rings. The van der Waals surface area contributed by atoms with Crippen LogP contribution >= 0.6 is 11.6 Å². The molecule has 0 bridgehead atoms. The molecule has 2 aromatic carbocycles. The molecule has 1 saturated heterocycles. The third kappa shape index (κ3) is 3.67. The lowest BCUT2D eigenvalue weighted by Crippen LogP contribution is -2.40. The number of morpholine rings is 1. The molecule has 138 valence electrons. The van der Waals surface area contributed by atoms with Crippen molar-refractivity contribution in [3.8, 4) is 11.3 Å². The van der Waals surface area contributed by atoms with Gasteiger partial charge in [-0.05, 0) is 23.8 Å². The van der Waals surface area contributed by atoms with Crippen molar-refractivity contribution in [1.29, 1.82) is 0 Å². The predicted molar refractivity (Wildman–Crippen MR) is 105 cm³/mol. The van der Waals surface area contributed by atoms with Crippen molar-refractivity contribution >= 4 is 28.4 Å². The first-order valence-electron chi connectivity index (χ1n) is 8.83.